The zero-order valence-electron chi connectivity index (χ0n) is 15.8. The third-order valence-corrected chi connectivity index (χ3v) is 6.17. The SMILES string of the molecule is C[C@@H]1CN(C(=O)C2CCN(Cc3cc(=O)n4ccsc4n3)CC2)C[C@H](C)O1. The van der Waals surface area contributed by atoms with E-state index in [4.69, 9.17) is 4.74 Å². The van der Waals surface area contributed by atoms with E-state index in [1.54, 1.807) is 16.7 Å². The van der Waals surface area contributed by atoms with Crippen LogP contribution in [0, 0.1) is 5.92 Å². The number of nitrogens with zero attached hydrogens (tertiary/aromatic N) is 4. The normalized spacial score (nSPS) is 25.2. The van der Waals surface area contributed by atoms with Gasteiger partial charge < -0.3 is 9.64 Å². The van der Waals surface area contributed by atoms with Crippen LogP contribution in [0.25, 0.3) is 4.96 Å². The highest BCUT2D eigenvalue weighted by Gasteiger charge is 2.32. The number of rotatable bonds is 3. The maximum absolute atomic E-state index is 12.9. The molecular weight excluding hydrogens is 364 g/mol. The quantitative estimate of drug-likeness (QED) is 0.796. The van der Waals surface area contributed by atoms with Gasteiger partial charge in [-0.15, -0.1) is 11.3 Å². The molecule has 0 aliphatic carbocycles. The number of fused-ring (bicyclic) bond motifs is 1. The van der Waals surface area contributed by atoms with Crippen molar-refractivity contribution >= 4 is 22.2 Å². The van der Waals surface area contributed by atoms with E-state index in [1.165, 1.54) is 11.3 Å². The summed E-state index contributed by atoms with van der Waals surface area (Å²) in [5, 5.41) is 1.87. The minimum atomic E-state index is -0.0307. The molecule has 146 valence electrons. The summed E-state index contributed by atoms with van der Waals surface area (Å²) in [4.78, 5) is 34.6. The lowest BCUT2D eigenvalue weighted by Gasteiger charge is -2.39. The molecule has 2 aromatic heterocycles. The van der Waals surface area contributed by atoms with E-state index in [1.807, 2.05) is 24.1 Å². The minimum absolute atomic E-state index is 0.0307. The van der Waals surface area contributed by atoms with Crippen molar-refractivity contribution < 1.29 is 9.53 Å². The molecule has 4 heterocycles. The number of thiazole rings is 1. The maximum Gasteiger partial charge on any atom is 0.258 e. The molecule has 4 rings (SSSR count). The van der Waals surface area contributed by atoms with Crippen molar-refractivity contribution in [2.75, 3.05) is 26.2 Å². The lowest BCUT2D eigenvalue weighted by atomic mass is 9.94. The monoisotopic (exact) mass is 390 g/mol. The summed E-state index contributed by atoms with van der Waals surface area (Å²) in [6.07, 6.45) is 3.69. The molecule has 0 radical (unpaired) electrons. The molecule has 27 heavy (non-hydrogen) atoms. The first kappa shape index (κ1) is 18.6. The standard InChI is InChI=1S/C19H26N4O3S/c1-13-10-22(11-14(2)26-13)18(25)15-3-5-21(6-4-15)12-16-9-17(24)23-7-8-27-19(23)20-16/h7-9,13-15H,3-6,10-12H2,1-2H3/t13-,14+. The van der Waals surface area contributed by atoms with E-state index < -0.39 is 0 Å². The molecule has 1 amide bonds. The number of piperidine rings is 1. The van der Waals surface area contributed by atoms with Gasteiger partial charge in [-0.1, -0.05) is 0 Å². The van der Waals surface area contributed by atoms with Gasteiger partial charge in [-0.25, -0.2) is 4.98 Å². The lowest BCUT2D eigenvalue weighted by Crippen LogP contribution is -2.51. The molecule has 2 atom stereocenters. The first-order valence-electron chi connectivity index (χ1n) is 9.62. The van der Waals surface area contributed by atoms with E-state index in [0.29, 0.717) is 19.6 Å². The van der Waals surface area contributed by atoms with Crippen LogP contribution in [0.3, 0.4) is 0 Å². The fraction of sp³-hybridized carbons (Fsp3) is 0.632. The smallest absolute Gasteiger partial charge is 0.258 e. The van der Waals surface area contributed by atoms with Crippen molar-refractivity contribution in [1.82, 2.24) is 19.2 Å². The summed E-state index contributed by atoms with van der Waals surface area (Å²) in [6.45, 7) is 7.82. The van der Waals surface area contributed by atoms with Gasteiger partial charge in [0.15, 0.2) is 4.96 Å². The number of amides is 1. The number of carbonyl (C=O) groups excluding carboxylic acids is 1. The molecule has 2 saturated heterocycles. The Morgan fingerprint density at radius 2 is 1.96 bits per heavy atom. The Morgan fingerprint density at radius 1 is 1.26 bits per heavy atom. The van der Waals surface area contributed by atoms with Crippen molar-refractivity contribution in [3.05, 3.63) is 33.7 Å². The van der Waals surface area contributed by atoms with Crippen LogP contribution in [0.4, 0.5) is 0 Å². The maximum atomic E-state index is 12.9. The Bertz CT molecular complexity index is 861. The third-order valence-electron chi connectivity index (χ3n) is 5.41. The van der Waals surface area contributed by atoms with Gasteiger partial charge in [-0.05, 0) is 39.8 Å². The molecule has 2 aliphatic heterocycles. The van der Waals surface area contributed by atoms with Crippen LogP contribution >= 0.6 is 11.3 Å². The van der Waals surface area contributed by atoms with Gasteiger partial charge in [0.2, 0.25) is 5.91 Å². The predicted molar refractivity (Wildman–Crippen MR) is 104 cm³/mol. The Labute approximate surface area is 162 Å². The topological polar surface area (TPSA) is 67.2 Å². The highest BCUT2D eigenvalue weighted by Crippen LogP contribution is 2.23. The van der Waals surface area contributed by atoms with E-state index >= 15 is 0 Å². The van der Waals surface area contributed by atoms with E-state index in [2.05, 4.69) is 9.88 Å². The summed E-state index contributed by atoms with van der Waals surface area (Å²) in [6, 6.07) is 1.62. The van der Waals surface area contributed by atoms with Crippen molar-refractivity contribution in [2.24, 2.45) is 5.92 Å². The average Bonchev–Trinajstić information content (AvgIpc) is 3.10. The number of ether oxygens (including phenoxy) is 1. The number of likely N-dealkylation sites (tertiary alicyclic amines) is 1. The van der Waals surface area contributed by atoms with E-state index in [0.717, 1.165) is 36.6 Å². The van der Waals surface area contributed by atoms with Crippen LogP contribution in [-0.2, 0) is 16.1 Å². The molecule has 0 N–H and O–H groups in total. The second-order valence-corrected chi connectivity index (χ2v) is 8.57. The van der Waals surface area contributed by atoms with Crippen LogP contribution in [0.2, 0.25) is 0 Å². The summed E-state index contributed by atoms with van der Waals surface area (Å²) in [7, 11) is 0. The van der Waals surface area contributed by atoms with Crippen LogP contribution in [0.5, 0.6) is 0 Å². The zero-order chi connectivity index (χ0) is 19.0. The summed E-state index contributed by atoms with van der Waals surface area (Å²) in [5.41, 5.74) is 0.778. The lowest BCUT2D eigenvalue weighted by molar-refractivity contribution is -0.148. The molecule has 0 saturated carbocycles. The number of morpholine rings is 1. The molecule has 2 aromatic rings. The van der Waals surface area contributed by atoms with Crippen molar-refractivity contribution in [2.45, 2.75) is 45.4 Å². The Hall–Kier alpha value is -1.77. The summed E-state index contributed by atoms with van der Waals surface area (Å²) < 4.78 is 7.31. The Balaban J connectivity index is 1.34. The Morgan fingerprint density at radius 3 is 2.67 bits per heavy atom. The van der Waals surface area contributed by atoms with Gasteiger partial charge in [0.1, 0.15) is 0 Å². The highest BCUT2D eigenvalue weighted by molar-refractivity contribution is 7.15. The summed E-state index contributed by atoms with van der Waals surface area (Å²) in [5.74, 6) is 0.366. The van der Waals surface area contributed by atoms with Crippen LogP contribution in [0.15, 0.2) is 22.4 Å². The molecule has 0 spiro atoms. The van der Waals surface area contributed by atoms with E-state index in [-0.39, 0.29) is 29.6 Å². The van der Waals surface area contributed by atoms with Crippen LogP contribution in [0.1, 0.15) is 32.4 Å². The number of hydrogen-bond acceptors (Lipinski definition) is 6. The second kappa shape index (κ2) is 7.69. The van der Waals surface area contributed by atoms with Crippen molar-refractivity contribution in [3.8, 4) is 0 Å². The van der Waals surface area contributed by atoms with Crippen molar-refractivity contribution in [3.63, 3.8) is 0 Å². The van der Waals surface area contributed by atoms with Gasteiger partial charge in [-0.2, -0.15) is 0 Å². The number of aromatic nitrogens is 2. The molecule has 0 unspecified atom stereocenters. The fourth-order valence-electron chi connectivity index (χ4n) is 4.15. The van der Waals surface area contributed by atoms with Gasteiger partial charge in [0.25, 0.3) is 5.56 Å². The molecule has 0 bridgehead atoms. The predicted octanol–water partition coefficient (Wildman–Crippen LogP) is 1.60. The molecule has 2 fully saturated rings. The van der Waals surface area contributed by atoms with E-state index in [9.17, 15) is 9.59 Å². The van der Waals surface area contributed by atoms with Crippen molar-refractivity contribution in [1.29, 1.82) is 0 Å². The average molecular weight is 391 g/mol. The summed E-state index contributed by atoms with van der Waals surface area (Å²) >= 11 is 1.47. The highest BCUT2D eigenvalue weighted by atomic mass is 32.1. The third kappa shape index (κ3) is 4.07. The molecule has 7 nitrogen and oxygen atoms in total. The first-order valence-corrected chi connectivity index (χ1v) is 10.5. The van der Waals surface area contributed by atoms with Gasteiger partial charge in [0, 0.05) is 43.2 Å². The second-order valence-electron chi connectivity index (χ2n) is 7.69. The number of carbonyl (C=O) groups is 1. The molecular formula is C19H26N4O3S. The Kier molecular flexibility index (Phi) is 5.29. The molecule has 0 aromatic carbocycles. The van der Waals surface area contributed by atoms with Gasteiger partial charge in [-0.3, -0.25) is 18.9 Å². The zero-order valence-corrected chi connectivity index (χ0v) is 16.7. The molecule has 2 aliphatic rings. The van der Waals surface area contributed by atoms with Crippen LogP contribution in [-0.4, -0.2) is 63.5 Å². The number of hydrogen-bond donors (Lipinski definition) is 0. The van der Waals surface area contributed by atoms with Gasteiger partial charge in [0.05, 0.1) is 17.9 Å². The molecule has 8 heteroatoms. The van der Waals surface area contributed by atoms with Crippen LogP contribution < -0.4 is 5.56 Å². The fourth-order valence-corrected chi connectivity index (χ4v) is 4.89. The van der Waals surface area contributed by atoms with Gasteiger partial charge >= 0.3 is 0 Å². The largest absolute Gasteiger partial charge is 0.372 e. The first-order chi connectivity index (χ1) is 13.0. The minimum Gasteiger partial charge on any atom is -0.372 e.